The lowest BCUT2D eigenvalue weighted by atomic mass is 10.2. The second-order valence-electron chi connectivity index (χ2n) is 4.99. The summed E-state index contributed by atoms with van der Waals surface area (Å²) in [5.74, 6) is 0.199. The number of carbonyl (C=O) groups is 1. The van der Waals surface area contributed by atoms with Gasteiger partial charge < -0.3 is 5.11 Å². The average Bonchev–Trinajstić information content (AvgIpc) is 3.19. The summed E-state index contributed by atoms with van der Waals surface area (Å²) in [6.45, 7) is 0. The molecule has 2 aromatic rings. The smallest absolute Gasteiger partial charge is 0.355 e. The molecule has 2 saturated carbocycles. The van der Waals surface area contributed by atoms with Gasteiger partial charge in [-0.2, -0.15) is 0 Å². The molecular formula is C12H10N2O2S. The fourth-order valence-corrected chi connectivity index (χ4v) is 3.39. The zero-order chi connectivity index (χ0) is 11.6. The summed E-state index contributed by atoms with van der Waals surface area (Å²) < 4.78 is 0. The molecule has 17 heavy (non-hydrogen) atoms. The lowest BCUT2D eigenvalue weighted by Crippen LogP contribution is -2.05. The largest absolute Gasteiger partial charge is 0.476 e. The maximum Gasteiger partial charge on any atom is 0.355 e. The van der Waals surface area contributed by atoms with Crippen molar-refractivity contribution in [3.8, 4) is 0 Å². The number of aromatic carboxylic acids is 1. The molecule has 1 unspecified atom stereocenters. The Morgan fingerprint density at radius 3 is 2.94 bits per heavy atom. The van der Waals surface area contributed by atoms with Gasteiger partial charge in [0.1, 0.15) is 10.7 Å². The van der Waals surface area contributed by atoms with E-state index in [2.05, 4.69) is 9.97 Å². The molecule has 5 heteroatoms. The Morgan fingerprint density at radius 1 is 1.47 bits per heavy atom. The highest BCUT2D eigenvalue weighted by Crippen LogP contribution is 2.74. The van der Waals surface area contributed by atoms with E-state index in [-0.39, 0.29) is 5.69 Å². The Labute approximate surface area is 101 Å². The number of hydrogen-bond donors (Lipinski definition) is 1. The lowest BCUT2D eigenvalue weighted by Gasteiger charge is -2.01. The molecule has 0 saturated heterocycles. The highest BCUT2D eigenvalue weighted by molar-refractivity contribution is 7.16. The summed E-state index contributed by atoms with van der Waals surface area (Å²) in [5.41, 5.74) is 0.620. The van der Waals surface area contributed by atoms with Crippen molar-refractivity contribution in [3.05, 3.63) is 23.0 Å². The minimum Gasteiger partial charge on any atom is -0.476 e. The van der Waals surface area contributed by atoms with Crippen LogP contribution < -0.4 is 0 Å². The van der Waals surface area contributed by atoms with Crippen LogP contribution in [0.15, 0.2) is 11.4 Å². The van der Waals surface area contributed by atoms with Crippen molar-refractivity contribution >= 4 is 27.5 Å². The number of thiophene rings is 1. The zero-order valence-electron chi connectivity index (χ0n) is 9.01. The standard InChI is InChI=1S/C12H10N2O2S/c15-11(16)8-6-1-4-17-10(6)14-9(13-8)7-5-12(7)2-3-12/h1,4,7H,2-3,5H2,(H,15,16). The second-order valence-corrected chi connectivity index (χ2v) is 5.89. The zero-order valence-corrected chi connectivity index (χ0v) is 9.83. The topological polar surface area (TPSA) is 63.1 Å². The first-order valence-corrected chi connectivity index (χ1v) is 6.56. The fourth-order valence-electron chi connectivity index (χ4n) is 2.62. The van der Waals surface area contributed by atoms with Crippen LogP contribution in [-0.4, -0.2) is 21.0 Å². The third-order valence-electron chi connectivity index (χ3n) is 3.94. The second kappa shape index (κ2) is 2.85. The van der Waals surface area contributed by atoms with E-state index >= 15 is 0 Å². The van der Waals surface area contributed by atoms with Crippen LogP contribution in [0.25, 0.3) is 10.2 Å². The van der Waals surface area contributed by atoms with Crippen molar-refractivity contribution in [2.45, 2.75) is 25.2 Å². The fraction of sp³-hybridized carbons (Fsp3) is 0.417. The monoisotopic (exact) mass is 246 g/mol. The van der Waals surface area contributed by atoms with Crippen LogP contribution in [0.5, 0.6) is 0 Å². The van der Waals surface area contributed by atoms with Crippen LogP contribution in [0.3, 0.4) is 0 Å². The van der Waals surface area contributed by atoms with E-state index in [0.29, 0.717) is 16.7 Å². The Bertz CT molecular complexity index is 645. The van der Waals surface area contributed by atoms with E-state index < -0.39 is 5.97 Å². The summed E-state index contributed by atoms with van der Waals surface area (Å²) in [6, 6.07) is 1.78. The highest BCUT2D eigenvalue weighted by atomic mass is 32.1. The van der Waals surface area contributed by atoms with Crippen molar-refractivity contribution in [1.82, 2.24) is 9.97 Å². The van der Waals surface area contributed by atoms with Gasteiger partial charge in [0, 0.05) is 11.3 Å². The van der Waals surface area contributed by atoms with Gasteiger partial charge in [-0.15, -0.1) is 11.3 Å². The van der Waals surface area contributed by atoms with Crippen molar-refractivity contribution in [3.63, 3.8) is 0 Å². The number of carboxylic acids is 1. The Balaban J connectivity index is 1.90. The third-order valence-corrected chi connectivity index (χ3v) is 4.75. The SMILES string of the molecule is O=C(O)c1nc(C2CC23CC3)nc2sccc12. The van der Waals surface area contributed by atoms with Crippen LogP contribution in [-0.2, 0) is 0 Å². The molecule has 0 aromatic carbocycles. The third kappa shape index (κ3) is 1.26. The van der Waals surface area contributed by atoms with E-state index in [1.807, 2.05) is 5.38 Å². The molecule has 0 bridgehead atoms. The van der Waals surface area contributed by atoms with Gasteiger partial charge in [-0.05, 0) is 36.1 Å². The van der Waals surface area contributed by atoms with E-state index in [1.54, 1.807) is 6.07 Å². The number of hydrogen-bond acceptors (Lipinski definition) is 4. The predicted molar refractivity (Wildman–Crippen MR) is 63.4 cm³/mol. The summed E-state index contributed by atoms with van der Waals surface area (Å²) >= 11 is 1.48. The molecule has 0 radical (unpaired) electrons. The number of fused-ring (bicyclic) bond motifs is 1. The van der Waals surface area contributed by atoms with Gasteiger partial charge >= 0.3 is 5.97 Å². The Hall–Kier alpha value is -1.49. The van der Waals surface area contributed by atoms with Crippen LogP contribution >= 0.6 is 11.3 Å². The molecule has 2 heterocycles. The minimum atomic E-state index is -0.956. The molecule has 2 aliphatic rings. The number of nitrogens with zero attached hydrogens (tertiary/aromatic N) is 2. The number of rotatable bonds is 2. The number of aromatic nitrogens is 2. The van der Waals surface area contributed by atoms with Crippen molar-refractivity contribution in [2.24, 2.45) is 5.41 Å². The first kappa shape index (κ1) is 9.53. The molecule has 1 atom stereocenters. The summed E-state index contributed by atoms with van der Waals surface area (Å²) in [5, 5.41) is 11.7. The molecule has 0 aliphatic heterocycles. The summed E-state index contributed by atoms with van der Waals surface area (Å²) in [7, 11) is 0. The summed E-state index contributed by atoms with van der Waals surface area (Å²) in [4.78, 5) is 20.8. The van der Waals surface area contributed by atoms with Crippen molar-refractivity contribution < 1.29 is 9.90 Å². The molecule has 4 nitrogen and oxygen atoms in total. The molecule has 2 aromatic heterocycles. The molecule has 4 rings (SSSR count). The Morgan fingerprint density at radius 2 is 2.29 bits per heavy atom. The first-order chi connectivity index (χ1) is 8.20. The van der Waals surface area contributed by atoms with Gasteiger partial charge in [-0.1, -0.05) is 0 Å². The van der Waals surface area contributed by atoms with E-state index in [9.17, 15) is 9.90 Å². The molecule has 86 valence electrons. The van der Waals surface area contributed by atoms with Gasteiger partial charge in [0.15, 0.2) is 5.69 Å². The van der Waals surface area contributed by atoms with Gasteiger partial charge in [-0.25, -0.2) is 14.8 Å². The highest BCUT2D eigenvalue weighted by Gasteiger charge is 2.64. The first-order valence-electron chi connectivity index (χ1n) is 5.68. The van der Waals surface area contributed by atoms with Crippen LogP contribution in [0.1, 0.15) is 41.5 Å². The summed E-state index contributed by atoms with van der Waals surface area (Å²) in [6.07, 6.45) is 3.65. The van der Waals surface area contributed by atoms with E-state index in [1.165, 1.54) is 24.2 Å². The van der Waals surface area contributed by atoms with E-state index in [4.69, 9.17) is 0 Å². The maximum absolute atomic E-state index is 11.2. The van der Waals surface area contributed by atoms with Gasteiger partial charge in [0.2, 0.25) is 0 Å². The van der Waals surface area contributed by atoms with Crippen LogP contribution in [0.4, 0.5) is 0 Å². The molecule has 2 fully saturated rings. The number of carboxylic acid groups (broad SMARTS) is 1. The maximum atomic E-state index is 11.2. The van der Waals surface area contributed by atoms with Crippen molar-refractivity contribution in [1.29, 1.82) is 0 Å². The van der Waals surface area contributed by atoms with Gasteiger partial charge in [-0.3, -0.25) is 0 Å². The van der Waals surface area contributed by atoms with Gasteiger partial charge in [0.25, 0.3) is 0 Å². The molecule has 0 amide bonds. The molecule has 1 spiro atoms. The average molecular weight is 246 g/mol. The minimum absolute atomic E-state index is 0.161. The van der Waals surface area contributed by atoms with Crippen LogP contribution in [0.2, 0.25) is 0 Å². The molecule has 1 N–H and O–H groups in total. The molecule has 2 aliphatic carbocycles. The van der Waals surface area contributed by atoms with Crippen molar-refractivity contribution in [2.75, 3.05) is 0 Å². The molecular weight excluding hydrogens is 236 g/mol. The van der Waals surface area contributed by atoms with Crippen LogP contribution in [0, 0.1) is 5.41 Å². The quantitative estimate of drug-likeness (QED) is 0.884. The van der Waals surface area contributed by atoms with E-state index in [0.717, 1.165) is 17.1 Å². The normalized spacial score (nSPS) is 24.1. The van der Waals surface area contributed by atoms with Gasteiger partial charge in [0.05, 0.1) is 0 Å². The lowest BCUT2D eigenvalue weighted by molar-refractivity contribution is 0.0692. The Kier molecular flexibility index (Phi) is 1.60. The predicted octanol–water partition coefficient (Wildman–Crippen LogP) is 2.66.